The highest BCUT2D eigenvalue weighted by atomic mass is 16.5. The molecule has 2 unspecified atom stereocenters. The molecular weight excluding hydrogens is 206 g/mol. The highest BCUT2D eigenvalue weighted by Crippen LogP contribution is 2.27. The lowest BCUT2D eigenvalue weighted by atomic mass is 9.87. The van der Waals surface area contributed by atoms with E-state index in [0.29, 0.717) is 6.42 Å². The van der Waals surface area contributed by atoms with Gasteiger partial charge in [-0.3, -0.25) is 9.59 Å². The molecule has 2 atom stereocenters. The first-order valence-electron chi connectivity index (χ1n) is 5.81. The summed E-state index contributed by atoms with van der Waals surface area (Å²) < 4.78 is 4.75. The summed E-state index contributed by atoms with van der Waals surface area (Å²) in [7, 11) is 5.28. The Hall–Kier alpha value is -0.900. The number of hydrogen-bond donors (Lipinski definition) is 0. The maximum atomic E-state index is 11.9. The Morgan fingerprint density at radius 2 is 2.12 bits per heavy atom. The molecule has 4 nitrogen and oxygen atoms in total. The number of Topliss-reactive ketones (excluding diaryl/α,β-unsaturated/α-hetero) is 1. The van der Waals surface area contributed by atoms with E-state index in [0.717, 1.165) is 25.8 Å². The van der Waals surface area contributed by atoms with Gasteiger partial charge in [0.2, 0.25) is 0 Å². The van der Waals surface area contributed by atoms with Crippen LogP contribution in [-0.4, -0.2) is 44.4 Å². The number of ether oxygens (including phenoxy) is 1. The first-order valence-corrected chi connectivity index (χ1v) is 5.81. The Bertz CT molecular complexity index is 263. The second-order valence-electron chi connectivity index (χ2n) is 4.74. The number of methoxy groups -OCH3 is 1. The van der Waals surface area contributed by atoms with Crippen molar-refractivity contribution in [1.82, 2.24) is 4.90 Å². The third kappa shape index (κ3) is 3.30. The molecule has 0 bridgehead atoms. The van der Waals surface area contributed by atoms with Gasteiger partial charge in [-0.1, -0.05) is 6.42 Å². The van der Waals surface area contributed by atoms with Gasteiger partial charge in [0.15, 0.2) is 0 Å². The van der Waals surface area contributed by atoms with E-state index in [1.165, 1.54) is 7.11 Å². The molecule has 0 aromatic heterocycles. The maximum absolute atomic E-state index is 11.9. The van der Waals surface area contributed by atoms with Crippen molar-refractivity contribution in [3.8, 4) is 0 Å². The van der Waals surface area contributed by atoms with Crippen molar-refractivity contribution >= 4 is 11.8 Å². The summed E-state index contributed by atoms with van der Waals surface area (Å²) in [5, 5.41) is 0. The van der Waals surface area contributed by atoms with Gasteiger partial charge in [0, 0.05) is 13.0 Å². The molecule has 0 N–H and O–H groups in total. The van der Waals surface area contributed by atoms with Crippen molar-refractivity contribution in [1.29, 1.82) is 0 Å². The van der Waals surface area contributed by atoms with Crippen LogP contribution in [0.1, 0.15) is 25.7 Å². The van der Waals surface area contributed by atoms with Crippen molar-refractivity contribution in [2.45, 2.75) is 25.7 Å². The minimum atomic E-state index is -0.546. The lowest BCUT2D eigenvalue weighted by molar-refractivity contribution is -0.151. The van der Waals surface area contributed by atoms with Gasteiger partial charge in [0.1, 0.15) is 11.7 Å². The molecule has 0 radical (unpaired) electrons. The molecule has 1 rings (SSSR count). The van der Waals surface area contributed by atoms with E-state index in [1.54, 1.807) is 0 Å². The SMILES string of the molecule is COC(=O)C1C(=O)CCCCC1CN(C)C. The van der Waals surface area contributed by atoms with Crippen molar-refractivity contribution < 1.29 is 14.3 Å². The third-order valence-corrected chi connectivity index (χ3v) is 3.12. The number of hydrogen-bond acceptors (Lipinski definition) is 4. The maximum Gasteiger partial charge on any atom is 0.316 e. The van der Waals surface area contributed by atoms with Crippen LogP contribution in [-0.2, 0) is 14.3 Å². The summed E-state index contributed by atoms with van der Waals surface area (Å²) in [6.07, 6.45) is 3.38. The summed E-state index contributed by atoms with van der Waals surface area (Å²) in [6, 6.07) is 0. The van der Waals surface area contributed by atoms with Gasteiger partial charge < -0.3 is 9.64 Å². The molecule has 0 heterocycles. The van der Waals surface area contributed by atoms with Gasteiger partial charge in [0.25, 0.3) is 0 Å². The summed E-state index contributed by atoms with van der Waals surface area (Å²) in [4.78, 5) is 25.6. The van der Waals surface area contributed by atoms with Crippen LogP contribution in [0.25, 0.3) is 0 Å². The molecule has 0 amide bonds. The highest BCUT2D eigenvalue weighted by Gasteiger charge is 2.36. The van der Waals surface area contributed by atoms with Gasteiger partial charge in [0.05, 0.1) is 7.11 Å². The monoisotopic (exact) mass is 227 g/mol. The van der Waals surface area contributed by atoms with Gasteiger partial charge >= 0.3 is 5.97 Å². The van der Waals surface area contributed by atoms with Crippen LogP contribution in [0.15, 0.2) is 0 Å². The number of ketones is 1. The molecule has 4 heteroatoms. The Morgan fingerprint density at radius 3 is 2.69 bits per heavy atom. The van der Waals surface area contributed by atoms with E-state index in [1.807, 2.05) is 19.0 Å². The summed E-state index contributed by atoms with van der Waals surface area (Å²) in [5.41, 5.74) is 0. The van der Waals surface area contributed by atoms with E-state index < -0.39 is 5.92 Å². The molecule has 0 saturated heterocycles. The topological polar surface area (TPSA) is 46.6 Å². The molecule has 1 aliphatic rings. The summed E-state index contributed by atoms with van der Waals surface area (Å²) >= 11 is 0. The Morgan fingerprint density at radius 1 is 1.44 bits per heavy atom. The number of rotatable bonds is 3. The number of esters is 1. The number of carbonyl (C=O) groups is 2. The smallest absolute Gasteiger partial charge is 0.316 e. The standard InChI is InChI=1S/C12H21NO3/c1-13(2)8-9-6-4-5-7-10(14)11(9)12(15)16-3/h9,11H,4-8H2,1-3H3. The summed E-state index contributed by atoms with van der Waals surface area (Å²) in [5.74, 6) is -0.748. The molecule has 92 valence electrons. The van der Waals surface area contributed by atoms with Gasteiger partial charge in [-0.05, 0) is 32.9 Å². The van der Waals surface area contributed by atoms with Crippen LogP contribution in [0.5, 0.6) is 0 Å². The second-order valence-corrected chi connectivity index (χ2v) is 4.74. The van der Waals surface area contributed by atoms with Crippen molar-refractivity contribution in [3.05, 3.63) is 0 Å². The third-order valence-electron chi connectivity index (χ3n) is 3.12. The fraction of sp³-hybridized carbons (Fsp3) is 0.833. The fourth-order valence-corrected chi connectivity index (χ4v) is 2.41. The van der Waals surface area contributed by atoms with Gasteiger partial charge in [-0.25, -0.2) is 0 Å². The van der Waals surface area contributed by atoms with E-state index in [9.17, 15) is 9.59 Å². The van der Waals surface area contributed by atoms with Crippen molar-refractivity contribution in [2.75, 3.05) is 27.7 Å². The zero-order chi connectivity index (χ0) is 12.1. The normalized spacial score (nSPS) is 26.6. The molecule has 0 aromatic rings. The average molecular weight is 227 g/mol. The van der Waals surface area contributed by atoms with E-state index in [4.69, 9.17) is 4.74 Å². The van der Waals surface area contributed by atoms with Gasteiger partial charge in [-0.2, -0.15) is 0 Å². The van der Waals surface area contributed by atoms with Crippen molar-refractivity contribution in [3.63, 3.8) is 0 Å². The Kier molecular flexibility index (Phi) is 4.93. The molecule has 16 heavy (non-hydrogen) atoms. The predicted octanol–water partition coefficient (Wildman–Crippen LogP) is 1.10. The molecule has 0 aromatic carbocycles. The quantitative estimate of drug-likeness (QED) is 0.411. The lowest BCUT2D eigenvalue weighted by Gasteiger charge is -2.24. The Labute approximate surface area is 96.9 Å². The molecular formula is C12H21NO3. The largest absolute Gasteiger partial charge is 0.468 e. The van der Waals surface area contributed by atoms with E-state index in [-0.39, 0.29) is 17.7 Å². The fourth-order valence-electron chi connectivity index (χ4n) is 2.41. The van der Waals surface area contributed by atoms with Crippen LogP contribution in [0.2, 0.25) is 0 Å². The second kappa shape index (κ2) is 5.99. The Balaban J connectivity index is 2.81. The lowest BCUT2D eigenvalue weighted by Crippen LogP contribution is -2.36. The van der Waals surface area contributed by atoms with Crippen LogP contribution in [0.4, 0.5) is 0 Å². The minimum Gasteiger partial charge on any atom is -0.468 e. The molecule has 1 aliphatic carbocycles. The molecule has 1 fully saturated rings. The van der Waals surface area contributed by atoms with Crippen LogP contribution in [0.3, 0.4) is 0 Å². The zero-order valence-electron chi connectivity index (χ0n) is 10.4. The first-order chi connectivity index (χ1) is 7.56. The molecule has 0 spiro atoms. The van der Waals surface area contributed by atoms with Crippen molar-refractivity contribution in [2.24, 2.45) is 11.8 Å². The van der Waals surface area contributed by atoms with E-state index in [2.05, 4.69) is 0 Å². The van der Waals surface area contributed by atoms with Crippen LogP contribution < -0.4 is 0 Å². The zero-order valence-corrected chi connectivity index (χ0v) is 10.4. The molecule has 1 saturated carbocycles. The van der Waals surface area contributed by atoms with Crippen LogP contribution in [0, 0.1) is 11.8 Å². The number of nitrogens with zero attached hydrogens (tertiary/aromatic N) is 1. The predicted molar refractivity (Wildman–Crippen MR) is 61.0 cm³/mol. The molecule has 0 aliphatic heterocycles. The first kappa shape index (κ1) is 13.2. The highest BCUT2D eigenvalue weighted by molar-refractivity contribution is 5.99. The number of carbonyl (C=O) groups excluding carboxylic acids is 2. The average Bonchev–Trinajstić information content (AvgIpc) is 2.39. The van der Waals surface area contributed by atoms with Gasteiger partial charge in [-0.15, -0.1) is 0 Å². The minimum absolute atomic E-state index is 0.0520. The van der Waals surface area contributed by atoms with E-state index >= 15 is 0 Å². The van der Waals surface area contributed by atoms with Crippen LogP contribution >= 0.6 is 0 Å². The summed E-state index contributed by atoms with van der Waals surface area (Å²) in [6.45, 7) is 0.769.